The predicted octanol–water partition coefficient (Wildman–Crippen LogP) is 3.67. The van der Waals surface area contributed by atoms with Gasteiger partial charge >= 0.3 is 0 Å². The number of benzene rings is 2. The Morgan fingerprint density at radius 2 is 2.00 bits per heavy atom. The van der Waals surface area contributed by atoms with Crippen molar-refractivity contribution >= 4 is 5.78 Å². The van der Waals surface area contributed by atoms with Gasteiger partial charge in [-0.25, -0.2) is 0 Å². The number of hydrogen-bond acceptors (Lipinski definition) is 4. The number of carbonyl (C=O) groups excluding carboxylic acids is 1. The summed E-state index contributed by atoms with van der Waals surface area (Å²) in [6.07, 6.45) is 0.529. The van der Waals surface area contributed by atoms with E-state index in [4.69, 9.17) is 9.47 Å². The number of carbonyl (C=O) groups is 1. The Labute approximate surface area is 133 Å². The van der Waals surface area contributed by atoms with Crippen molar-refractivity contribution in [3.05, 3.63) is 58.1 Å². The molecule has 23 heavy (non-hydrogen) atoms. The van der Waals surface area contributed by atoms with Crippen LogP contribution in [-0.2, 0) is 11.2 Å². The van der Waals surface area contributed by atoms with Crippen LogP contribution in [0.5, 0.6) is 11.5 Å². The first kappa shape index (κ1) is 13.1. The lowest BCUT2D eigenvalue weighted by molar-refractivity contribution is -0.110. The first-order valence-electron chi connectivity index (χ1n) is 7.96. The number of ketones is 1. The first-order chi connectivity index (χ1) is 11.1. The van der Waals surface area contributed by atoms with Crippen molar-refractivity contribution in [2.75, 3.05) is 0 Å². The third-order valence-corrected chi connectivity index (χ3v) is 5.06. The number of Topliss-reactive ketones (excluding diaryl/α,β-unsaturated/α-hetero) is 1. The molecular formula is C19H16O4. The summed E-state index contributed by atoms with van der Waals surface area (Å²) in [7, 11) is 0. The lowest BCUT2D eigenvalue weighted by atomic mass is 9.79. The molecule has 0 radical (unpaired) electrons. The Morgan fingerprint density at radius 1 is 1.13 bits per heavy atom. The molecule has 0 saturated heterocycles. The third-order valence-electron chi connectivity index (χ3n) is 5.06. The van der Waals surface area contributed by atoms with Crippen LogP contribution in [-0.4, -0.2) is 10.9 Å². The summed E-state index contributed by atoms with van der Waals surface area (Å²) in [6, 6.07) is 9.31. The summed E-state index contributed by atoms with van der Waals surface area (Å²) in [6.45, 7) is 2.10. The highest BCUT2D eigenvalue weighted by Crippen LogP contribution is 2.54. The number of phenols is 1. The zero-order valence-corrected chi connectivity index (χ0v) is 12.7. The minimum Gasteiger partial charge on any atom is -0.507 e. The van der Waals surface area contributed by atoms with E-state index in [0.717, 1.165) is 28.7 Å². The Kier molecular flexibility index (Phi) is 2.49. The number of rotatable bonds is 0. The Bertz CT molecular complexity index is 855. The van der Waals surface area contributed by atoms with Gasteiger partial charge in [-0.2, -0.15) is 0 Å². The van der Waals surface area contributed by atoms with Gasteiger partial charge in [0.1, 0.15) is 17.6 Å². The van der Waals surface area contributed by atoms with E-state index < -0.39 is 6.29 Å². The van der Waals surface area contributed by atoms with Crippen LogP contribution in [0.15, 0.2) is 30.3 Å². The fraction of sp³-hybridized carbons (Fsp3) is 0.316. The first-order valence-corrected chi connectivity index (χ1v) is 7.96. The summed E-state index contributed by atoms with van der Waals surface area (Å²) < 4.78 is 11.9. The second-order valence-corrected chi connectivity index (χ2v) is 6.69. The van der Waals surface area contributed by atoms with Gasteiger partial charge in [-0.1, -0.05) is 25.1 Å². The van der Waals surface area contributed by atoms with Crippen LogP contribution in [0, 0.1) is 5.92 Å². The van der Waals surface area contributed by atoms with E-state index in [9.17, 15) is 9.90 Å². The Hall–Kier alpha value is -2.33. The summed E-state index contributed by atoms with van der Waals surface area (Å²) >= 11 is 0. The van der Waals surface area contributed by atoms with Crippen molar-refractivity contribution in [2.24, 2.45) is 5.92 Å². The van der Waals surface area contributed by atoms with Crippen LogP contribution in [0.3, 0.4) is 0 Å². The van der Waals surface area contributed by atoms with Gasteiger partial charge < -0.3 is 14.6 Å². The maximum Gasteiger partial charge on any atom is 0.231 e. The molecule has 0 fully saturated rings. The molecule has 1 aliphatic carbocycles. The smallest absolute Gasteiger partial charge is 0.231 e. The SMILES string of the molecule is C[C@@H]1CC(=O)c2c(ccc3c2[C@H]2O[C@@H](O3)c3c(O)cccc32)C1. The van der Waals surface area contributed by atoms with Crippen molar-refractivity contribution in [3.63, 3.8) is 0 Å². The number of hydrogen-bond donors (Lipinski definition) is 1. The minimum absolute atomic E-state index is 0.162. The highest BCUT2D eigenvalue weighted by molar-refractivity contribution is 6.01. The largest absolute Gasteiger partial charge is 0.507 e. The summed E-state index contributed by atoms with van der Waals surface area (Å²) in [5.74, 6) is 1.40. The molecule has 3 aliphatic rings. The molecule has 2 aromatic rings. The van der Waals surface area contributed by atoms with E-state index in [1.807, 2.05) is 18.2 Å². The molecule has 5 rings (SSSR count). The van der Waals surface area contributed by atoms with E-state index in [2.05, 4.69) is 6.92 Å². The summed E-state index contributed by atoms with van der Waals surface area (Å²) in [5.41, 5.74) is 4.25. The molecule has 0 amide bonds. The Morgan fingerprint density at radius 3 is 2.87 bits per heavy atom. The van der Waals surface area contributed by atoms with Gasteiger partial charge in [-0.05, 0) is 35.6 Å². The van der Waals surface area contributed by atoms with E-state index in [0.29, 0.717) is 23.7 Å². The molecule has 1 N–H and O–H groups in total. The molecule has 2 heterocycles. The van der Waals surface area contributed by atoms with Crippen molar-refractivity contribution in [1.29, 1.82) is 0 Å². The van der Waals surface area contributed by atoms with E-state index >= 15 is 0 Å². The predicted molar refractivity (Wildman–Crippen MR) is 82.7 cm³/mol. The van der Waals surface area contributed by atoms with E-state index in [1.54, 1.807) is 12.1 Å². The zero-order valence-electron chi connectivity index (χ0n) is 12.7. The van der Waals surface area contributed by atoms with E-state index in [1.165, 1.54) is 0 Å². The fourth-order valence-electron chi connectivity index (χ4n) is 4.12. The van der Waals surface area contributed by atoms with Gasteiger partial charge in [0.05, 0.1) is 5.56 Å². The number of ether oxygens (including phenoxy) is 2. The van der Waals surface area contributed by atoms with E-state index in [-0.39, 0.29) is 17.6 Å². The van der Waals surface area contributed by atoms with Crippen LogP contribution in [0.2, 0.25) is 0 Å². The topological polar surface area (TPSA) is 55.8 Å². The van der Waals surface area contributed by atoms with Crippen molar-refractivity contribution < 1.29 is 19.4 Å². The summed E-state index contributed by atoms with van der Waals surface area (Å²) in [5, 5.41) is 10.2. The standard InChI is InChI=1S/C19H16O4/c1-9-7-10-5-6-14-17(15(10)13(21)8-9)18-11-3-2-4-12(20)16(11)19(22-14)23-18/h2-6,9,18-20H,7-8H2,1H3/t9-,18-,19+/m0/s1. The minimum atomic E-state index is -0.598. The molecule has 2 bridgehead atoms. The van der Waals surface area contributed by atoms with Crippen molar-refractivity contribution in [3.8, 4) is 11.5 Å². The van der Waals surface area contributed by atoms with Gasteiger partial charge in [0.2, 0.25) is 6.29 Å². The van der Waals surface area contributed by atoms with Gasteiger partial charge in [-0.3, -0.25) is 4.79 Å². The molecule has 2 aromatic carbocycles. The van der Waals surface area contributed by atoms with Crippen molar-refractivity contribution in [1.82, 2.24) is 0 Å². The lowest BCUT2D eigenvalue weighted by Crippen LogP contribution is -2.24. The molecule has 3 atom stereocenters. The fourth-order valence-corrected chi connectivity index (χ4v) is 4.12. The quantitative estimate of drug-likeness (QED) is 0.807. The maximum atomic E-state index is 12.7. The molecule has 0 saturated carbocycles. The molecule has 0 spiro atoms. The molecule has 4 nitrogen and oxygen atoms in total. The Balaban J connectivity index is 1.76. The van der Waals surface area contributed by atoms with Crippen LogP contribution in [0.4, 0.5) is 0 Å². The highest BCUT2D eigenvalue weighted by atomic mass is 16.7. The lowest BCUT2D eigenvalue weighted by Gasteiger charge is -2.30. The highest BCUT2D eigenvalue weighted by Gasteiger charge is 2.44. The average Bonchev–Trinajstić information content (AvgIpc) is 2.81. The third kappa shape index (κ3) is 1.67. The molecule has 4 heteroatoms. The van der Waals surface area contributed by atoms with Crippen molar-refractivity contribution in [2.45, 2.75) is 32.2 Å². The molecule has 116 valence electrons. The molecule has 0 unspecified atom stereocenters. The second-order valence-electron chi connectivity index (χ2n) is 6.69. The van der Waals surface area contributed by atoms with Crippen LogP contribution >= 0.6 is 0 Å². The van der Waals surface area contributed by atoms with Crippen LogP contribution in [0.1, 0.15) is 58.4 Å². The maximum absolute atomic E-state index is 12.7. The number of phenolic OH excluding ortho intramolecular Hbond substituents is 1. The molecule has 2 aliphatic heterocycles. The molecule has 0 aromatic heterocycles. The van der Waals surface area contributed by atoms with Gasteiger partial charge in [0.15, 0.2) is 5.78 Å². The van der Waals surface area contributed by atoms with Gasteiger partial charge in [0.25, 0.3) is 0 Å². The average molecular weight is 308 g/mol. The van der Waals surface area contributed by atoms with Crippen LogP contribution in [0.25, 0.3) is 0 Å². The number of fused-ring (bicyclic) bond motifs is 9. The van der Waals surface area contributed by atoms with Gasteiger partial charge in [0, 0.05) is 17.5 Å². The number of aromatic hydroxyl groups is 1. The second kappa shape index (κ2) is 4.36. The molecular weight excluding hydrogens is 292 g/mol. The van der Waals surface area contributed by atoms with Gasteiger partial charge in [-0.15, -0.1) is 0 Å². The summed E-state index contributed by atoms with van der Waals surface area (Å²) in [4.78, 5) is 12.7. The monoisotopic (exact) mass is 308 g/mol. The normalized spacial score (nSPS) is 27.0. The zero-order chi connectivity index (χ0) is 15.7. The van der Waals surface area contributed by atoms with Crippen LogP contribution < -0.4 is 4.74 Å².